The van der Waals surface area contributed by atoms with Crippen LogP contribution in [0.25, 0.3) is 0 Å². The molecule has 0 saturated carbocycles. The van der Waals surface area contributed by atoms with Crippen molar-refractivity contribution < 1.29 is 14.8 Å². The number of morpholine rings is 1. The summed E-state index contributed by atoms with van der Waals surface area (Å²) in [4.78, 5) is 12.4. The molecule has 104 valence electrons. The summed E-state index contributed by atoms with van der Waals surface area (Å²) in [5, 5.41) is 20.2. The first-order chi connectivity index (χ1) is 9.01. The third-order valence-corrected chi connectivity index (χ3v) is 3.20. The molecule has 0 bridgehead atoms. The van der Waals surface area contributed by atoms with E-state index in [1.165, 1.54) is 12.1 Å². The Morgan fingerprint density at radius 3 is 2.58 bits per heavy atom. The van der Waals surface area contributed by atoms with Crippen molar-refractivity contribution in [3.05, 3.63) is 33.9 Å². The second-order valence-corrected chi connectivity index (χ2v) is 4.89. The van der Waals surface area contributed by atoms with E-state index < -0.39 is 4.92 Å². The molecule has 0 radical (unpaired) electrons. The van der Waals surface area contributed by atoms with Crippen LogP contribution < -0.4 is 4.90 Å². The average Bonchev–Trinajstić information content (AvgIpc) is 2.36. The van der Waals surface area contributed by atoms with E-state index in [4.69, 9.17) is 4.74 Å². The Morgan fingerprint density at radius 1 is 1.42 bits per heavy atom. The van der Waals surface area contributed by atoms with E-state index in [1.54, 1.807) is 6.07 Å². The van der Waals surface area contributed by atoms with Crippen LogP contribution in [-0.2, 0) is 11.3 Å². The van der Waals surface area contributed by atoms with Gasteiger partial charge in [-0.2, -0.15) is 0 Å². The van der Waals surface area contributed by atoms with Crippen molar-refractivity contribution in [3.63, 3.8) is 0 Å². The van der Waals surface area contributed by atoms with Crippen molar-refractivity contribution >= 4 is 11.4 Å². The van der Waals surface area contributed by atoms with E-state index in [-0.39, 0.29) is 24.5 Å². The predicted molar refractivity (Wildman–Crippen MR) is 71.2 cm³/mol. The molecule has 1 aromatic rings. The summed E-state index contributed by atoms with van der Waals surface area (Å²) in [5.41, 5.74) is 1.42. The molecule has 0 aliphatic carbocycles. The van der Waals surface area contributed by atoms with Crippen LogP contribution in [0.4, 0.5) is 11.4 Å². The minimum Gasteiger partial charge on any atom is -0.392 e. The van der Waals surface area contributed by atoms with Gasteiger partial charge >= 0.3 is 0 Å². The van der Waals surface area contributed by atoms with Crippen LogP contribution >= 0.6 is 0 Å². The molecular formula is C13H18N2O4. The van der Waals surface area contributed by atoms with Gasteiger partial charge in [0.15, 0.2) is 0 Å². The van der Waals surface area contributed by atoms with E-state index >= 15 is 0 Å². The minimum atomic E-state index is -0.451. The minimum absolute atomic E-state index is 0.00200. The summed E-state index contributed by atoms with van der Waals surface area (Å²) in [7, 11) is 0. The van der Waals surface area contributed by atoms with Crippen LogP contribution in [0.1, 0.15) is 19.4 Å². The maximum Gasteiger partial charge on any atom is 0.269 e. The van der Waals surface area contributed by atoms with Gasteiger partial charge in [-0.1, -0.05) is 0 Å². The number of rotatable bonds is 3. The topological polar surface area (TPSA) is 75.8 Å². The summed E-state index contributed by atoms with van der Waals surface area (Å²) in [5.74, 6) is 0. The lowest BCUT2D eigenvalue weighted by atomic mass is 10.1. The van der Waals surface area contributed by atoms with Gasteiger partial charge in [-0.3, -0.25) is 10.1 Å². The maximum absolute atomic E-state index is 10.8. The number of nitrogens with zero attached hydrogens (tertiary/aromatic N) is 2. The Kier molecular flexibility index (Phi) is 4.01. The van der Waals surface area contributed by atoms with E-state index in [0.29, 0.717) is 5.56 Å². The number of hydrogen-bond donors (Lipinski definition) is 1. The van der Waals surface area contributed by atoms with Crippen molar-refractivity contribution in [3.8, 4) is 0 Å². The van der Waals surface area contributed by atoms with Crippen molar-refractivity contribution in [2.45, 2.75) is 32.7 Å². The summed E-state index contributed by atoms with van der Waals surface area (Å²) in [6.07, 6.45) is 0.205. The number of nitro benzene ring substituents is 1. The molecule has 1 heterocycles. The van der Waals surface area contributed by atoms with Crippen molar-refractivity contribution in [2.75, 3.05) is 18.0 Å². The monoisotopic (exact) mass is 266 g/mol. The van der Waals surface area contributed by atoms with E-state index in [9.17, 15) is 15.2 Å². The second-order valence-electron chi connectivity index (χ2n) is 4.89. The Morgan fingerprint density at radius 2 is 2.05 bits per heavy atom. The van der Waals surface area contributed by atoms with Gasteiger partial charge in [0, 0.05) is 36.5 Å². The first kappa shape index (κ1) is 13.8. The fourth-order valence-electron chi connectivity index (χ4n) is 2.50. The zero-order valence-electron chi connectivity index (χ0n) is 11.1. The van der Waals surface area contributed by atoms with Gasteiger partial charge in [0.2, 0.25) is 0 Å². The Balaban J connectivity index is 2.30. The lowest BCUT2D eigenvalue weighted by Crippen LogP contribution is -2.45. The Hall–Kier alpha value is -1.66. The molecular weight excluding hydrogens is 248 g/mol. The molecule has 0 spiro atoms. The van der Waals surface area contributed by atoms with E-state index in [0.717, 1.165) is 18.8 Å². The van der Waals surface area contributed by atoms with Gasteiger partial charge in [-0.05, 0) is 19.9 Å². The Bertz CT molecular complexity index is 468. The van der Waals surface area contributed by atoms with Gasteiger partial charge in [0.05, 0.1) is 23.7 Å². The number of benzene rings is 1. The summed E-state index contributed by atoms with van der Waals surface area (Å²) < 4.78 is 5.66. The van der Waals surface area contributed by atoms with Crippen LogP contribution in [-0.4, -0.2) is 35.3 Å². The highest BCUT2D eigenvalue weighted by molar-refractivity contribution is 5.58. The third-order valence-electron chi connectivity index (χ3n) is 3.20. The number of nitro groups is 1. The number of aliphatic hydroxyl groups is 1. The number of ether oxygens (including phenoxy) is 1. The zero-order chi connectivity index (χ0) is 14.0. The fourth-order valence-corrected chi connectivity index (χ4v) is 2.50. The molecule has 19 heavy (non-hydrogen) atoms. The molecule has 1 fully saturated rings. The van der Waals surface area contributed by atoms with E-state index in [1.807, 2.05) is 13.8 Å². The molecule has 1 aliphatic heterocycles. The SMILES string of the molecule is C[C@@H]1CN(c2ccc([N+](=O)[O-])cc2CO)C[C@H](C)O1. The highest BCUT2D eigenvalue weighted by Gasteiger charge is 2.24. The summed E-state index contributed by atoms with van der Waals surface area (Å²) in [6, 6.07) is 4.61. The quantitative estimate of drug-likeness (QED) is 0.665. The Labute approximate surface area is 111 Å². The van der Waals surface area contributed by atoms with Crippen LogP contribution in [0.5, 0.6) is 0 Å². The highest BCUT2D eigenvalue weighted by atomic mass is 16.6. The molecule has 1 aromatic carbocycles. The number of non-ortho nitro benzene ring substituents is 1. The van der Waals surface area contributed by atoms with Gasteiger partial charge in [-0.25, -0.2) is 0 Å². The predicted octanol–water partition coefficient (Wildman–Crippen LogP) is 1.70. The van der Waals surface area contributed by atoms with Gasteiger partial charge in [0.25, 0.3) is 5.69 Å². The fraction of sp³-hybridized carbons (Fsp3) is 0.538. The zero-order valence-corrected chi connectivity index (χ0v) is 11.1. The van der Waals surface area contributed by atoms with Crippen LogP contribution in [0.3, 0.4) is 0 Å². The number of aliphatic hydroxyl groups excluding tert-OH is 1. The lowest BCUT2D eigenvalue weighted by Gasteiger charge is -2.37. The standard InChI is InChI=1S/C13H18N2O4/c1-9-6-14(7-10(2)19-9)13-4-3-12(15(17)18)5-11(13)8-16/h3-5,9-10,16H,6-8H2,1-2H3/t9-,10+. The molecule has 1 N–H and O–H groups in total. The molecule has 2 rings (SSSR count). The van der Waals surface area contributed by atoms with Gasteiger partial charge < -0.3 is 14.7 Å². The molecule has 0 aromatic heterocycles. The first-order valence-corrected chi connectivity index (χ1v) is 6.30. The summed E-state index contributed by atoms with van der Waals surface area (Å²) in [6.45, 7) is 5.21. The molecule has 6 heteroatoms. The number of anilines is 1. The van der Waals surface area contributed by atoms with Gasteiger partial charge in [-0.15, -0.1) is 0 Å². The first-order valence-electron chi connectivity index (χ1n) is 6.30. The third kappa shape index (κ3) is 3.02. The number of hydrogen-bond acceptors (Lipinski definition) is 5. The lowest BCUT2D eigenvalue weighted by molar-refractivity contribution is -0.384. The largest absolute Gasteiger partial charge is 0.392 e. The maximum atomic E-state index is 10.8. The van der Waals surface area contributed by atoms with Crippen molar-refractivity contribution in [1.29, 1.82) is 0 Å². The average molecular weight is 266 g/mol. The molecule has 2 atom stereocenters. The second kappa shape index (κ2) is 5.54. The van der Waals surface area contributed by atoms with Crippen LogP contribution in [0, 0.1) is 10.1 Å². The smallest absolute Gasteiger partial charge is 0.269 e. The van der Waals surface area contributed by atoms with Crippen LogP contribution in [0.15, 0.2) is 18.2 Å². The molecule has 6 nitrogen and oxygen atoms in total. The summed E-state index contributed by atoms with van der Waals surface area (Å²) >= 11 is 0. The molecule has 1 saturated heterocycles. The highest BCUT2D eigenvalue weighted by Crippen LogP contribution is 2.28. The molecule has 0 amide bonds. The van der Waals surface area contributed by atoms with E-state index in [2.05, 4.69) is 4.90 Å². The molecule has 0 unspecified atom stereocenters. The normalized spacial score (nSPS) is 23.4. The van der Waals surface area contributed by atoms with Crippen molar-refractivity contribution in [1.82, 2.24) is 0 Å². The van der Waals surface area contributed by atoms with Crippen LogP contribution in [0.2, 0.25) is 0 Å². The van der Waals surface area contributed by atoms with Gasteiger partial charge in [0.1, 0.15) is 0 Å². The van der Waals surface area contributed by atoms with Crippen molar-refractivity contribution in [2.24, 2.45) is 0 Å². The molecule has 1 aliphatic rings.